The number of rotatable bonds is 4. The van der Waals surface area contributed by atoms with Gasteiger partial charge in [0.1, 0.15) is 0 Å². The van der Waals surface area contributed by atoms with Crippen LogP contribution in [-0.2, 0) is 4.79 Å². The largest absolute Gasteiger partial charge is 0.303 e. The molecule has 2 rings (SSSR count). The van der Waals surface area contributed by atoms with Crippen molar-refractivity contribution in [1.82, 2.24) is 0 Å². The zero-order chi connectivity index (χ0) is 14.0. The van der Waals surface area contributed by atoms with Crippen molar-refractivity contribution < 1.29 is 18.4 Å². The molecule has 0 aliphatic carbocycles. The summed E-state index contributed by atoms with van der Waals surface area (Å²) < 4.78 is 25.6. The van der Waals surface area contributed by atoms with Crippen LogP contribution in [0.15, 0.2) is 42.5 Å². The fourth-order valence-electron chi connectivity index (χ4n) is 1.86. The number of carbonyl (C=O) groups is 2. The summed E-state index contributed by atoms with van der Waals surface area (Å²) in [5, 5.41) is 1.51. The first-order valence-electron chi connectivity index (χ1n) is 5.81. The molecule has 19 heavy (non-hydrogen) atoms. The molecule has 0 N–H and O–H groups in total. The van der Waals surface area contributed by atoms with Crippen molar-refractivity contribution in [2.45, 2.75) is 19.3 Å². The van der Waals surface area contributed by atoms with Crippen LogP contribution in [0.3, 0.4) is 0 Å². The van der Waals surface area contributed by atoms with Gasteiger partial charge in [0.05, 0.1) is 6.42 Å². The lowest BCUT2D eigenvalue weighted by Gasteiger charge is -2.09. The highest BCUT2D eigenvalue weighted by atomic mass is 19.3. The number of hydrogen-bond acceptors (Lipinski definition) is 2. The molecular formula is C15H12F2O2. The first-order valence-corrected chi connectivity index (χ1v) is 5.81. The molecule has 0 spiro atoms. The molecule has 0 saturated heterocycles. The van der Waals surface area contributed by atoms with Gasteiger partial charge in [0, 0.05) is 12.5 Å². The molecule has 0 heterocycles. The molecule has 0 saturated carbocycles. The van der Waals surface area contributed by atoms with Crippen LogP contribution in [0.5, 0.6) is 0 Å². The molecule has 4 heteroatoms. The first-order chi connectivity index (χ1) is 8.89. The number of alkyl halides is 2. The van der Waals surface area contributed by atoms with Crippen LogP contribution >= 0.6 is 0 Å². The molecule has 2 nitrogen and oxygen atoms in total. The molecule has 98 valence electrons. The summed E-state index contributed by atoms with van der Waals surface area (Å²) in [5.41, 5.74) is 0.302. The van der Waals surface area contributed by atoms with Crippen molar-refractivity contribution in [2.75, 3.05) is 0 Å². The zero-order valence-electron chi connectivity index (χ0n) is 10.3. The van der Waals surface area contributed by atoms with E-state index in [2.05, 4.69) is 0 Å². The molecule has 2 aromatic carbocycles. The molecule has 0 fully saturated rings. The van der Waals surface area contributed by atoms with E-state index in [9.17, 15) is 18.4 Å². The van der Waals surface area contributed by atoms with Crippen LogP contribution in [0.25, 0.3) is 10.8 Å². The maximum absolute atomic E-state index is 12.8. The van der Waals surface area contributed by atoms with Crippen LogP contribution in [0, 0.1) is 0 Å². The van der Waals surface area contributed by atoms with Gasteiger partial charge in [-0.05, 0) is 10.8 Å². The summed E-state index contributed by atoms with van der Waals surface area (Å²) in [6, 6.07) is 12.2. The summed E-state index contributed by atoms with van der Waals surface area (Å²) in [4.78, 5) is 23.2. The minimum atomic E-state index is -3.47. The van der Waals surface area contributed by atoms with E-state index < -0.39 is 23.9 Å². The third-order valence-electron chi connectivity index (χ3n) is 2.90. The van der Waals surface area contributed by atoms with E-state index in [1.807, 2.05) is 18.2 Å². The number of fused-ring (bicyclic) bond motifs is 1. The second-order valence-corrected chi connectivity index (χ2v) is 4.44. The van der Waals surface area contributed by atoms with Crippen molar-refractivity contribution in [3.63, 3.8) is 0 Å². The number of halogens is 2. The van der Waals surface area contributed by atoms with Gasteiger partial charge in [0.25, 0.3) is 0 Å². The van der Waals surface area contributed by atoms with Crippen molar-refractivity contribution >= 4 is 22.3 Å². The van der Waals surface area contributed by atoms with E-state index in [-0.39, 0.29) is 0 Å². The van der Waals surface area contributed by atoms with E-state index in [4.69, 9.17) is 0 Å². The Morgan fingerprint density at radius 3 is 2.37 bits per heavy atom. The fourth-order valence-corrected chi connectivity index (χ4v) is 1.86. The number of Topliss-reactive ketones (excluding diaryl/α,β-unsaturated/α-hetero) is 2. The van der Waals surface area contributed by atoms with E-state index in [0.717, 1.165) is 5.39 Å². The minimum absolute atomic E-state index is 0.302. The van der Waals surface area contributed by atoms with Gasteiger partial charge in [-0.1, -0.05) is 42.5 Å². The highest BCUT2D eigenvalue weighted by Crippen LogP contribution is 2.22. The Labute approximate surface area is 109 Å². The van der Waals surface area contributed by atoms with Gasteiger partial charge in [0.15, 0.2) is 5.78 Å². The summed E-state index contributed by atoms with van der Waals surface area (Å²) >= 11 is 0. The second-order valence-electron chi connectivity index (χ2n) is 4.44. The number of hydrogen-bond donors (Lipinski definition) is 0. The van der Waals surface area contributed by atoms with Gasteiger partial charge in [-0.2, -0.15) is 8.78 Å². The molecule has 0 amide bonds. The molecule has 0 radical (unpaired) electrons. The lowest BCUT2D eigenvalue weighted by molar-refractivity contribution is -0.139. The monoisotopic (exact) mass is 262 g/mol. The topological polar surface area (TPSA) is 34.1 Å². The lowest BCUT2D eigenvalue weighted by atomic mass is 9.98. The van der Waals surface area contributed by atoms with Crippen LogP contribution in [0.1, 0.15) is 23.7 Å². The van der Waals surface area contributed by atoms with Gasteiger partial charge >= 0.3 is 5.92 Å². The zero-order valence-corrected chi connectivity index (χ0v) is 10.3. The molecule has 0 unspecified atom stereocenters. The van der Waals surface area contributed by atoms with Crippen LogP contribution < -0.4 is 0 Å². The Morgan fingerprint density at radius 2 is 1.68 bits per heavy atom. The van der Waals surface area contributed by atoms with Crippen molar-refractivity contribution in [1.29, 1.82) is 0 Å². The Morgan fingerprint density at radius 1 is 1.05 bits per heavy atom. The summed E-state index contributed by atoms with van der Waals surface area (Å²) in [7, 11) is 0. The Kier molecular flexibility index (Phi) is 3.42. The standard InChI is InChI=1S/C15H12F2O2/c1-15(16,17)14(19)9-13(18)12-8-4-6-10-5-2-3-7-11(10)12/h2-8H,9H2,1H3. The van der Waals surface area contributed by atoms with E-state index in [1.165, 1.54) is 0 Å². The normalized spacial score (nSPS) is 11.5. The Balaban J connectivity index is 2.35. The molecule has 0 aromatic heterocycles. The number of carbonyl (C=O) groups excluding carboxylic acids is 2. The summed E-state index contributed by atoms with van der Waals surface area (Å²) in [6.07, 6.45) is -0.780. The van der Waals surface area contributed by atoms with Crippen molar-refractivity contribution in [3.8, 4) is 0 Å². The summed E-state index contributed by atoms with van der Waals surface area (Å²) in [5.74, 6) is -5.41. The van der Waals surface area contributed by atoms with Gasteiger partial charge in [-0.3, -0.25) is 9.59 Å². The predicted octanol–water partition coefficient (Wildman–Crippen LogP) is 3.64. The maximum Gasteiger partial charge on any atom is 0.303 e. The Hall–Kier alpha value is -2.10. The van der Waals surface area contributed by atoms with E-state index in [0.29, 0.717) is 17.9 Å². The third-order valence-corrected chi connectivity index (χ3v) is 2.90. The number of benzene rings is 2. The number of ketones is 2. The molecule has 0 aliphatic rings. The van der Waals surface area contributed by atoms with Crippen LogP contribution in [0.2, 0.25) is 0 Å². The van der Waals surface area contributed by atoms with Gasteiger partial charge in [-0.15, -0.1) is 0 Å². The Bertz CT molecular complexity index is 637. The quantitative estimate of drug-likeness (QED) is 0.622. The molecule has 0 bridgehead atoms. The highest BCUT2D eigenvalue weighted by molar-refractivity contribution is 6.15. The van der Waals surface area contributed by atoms with Crippen molar-refractivity contribution in [3.05, 3.63) is 48.0 Å². The SMILES string of the molecule is CC(F)(F)C(=O)CC(=O)c1cccc2ccccc12. The van der Waals surface area contributed by atoms with Gasteiger partial charge in [0.2, 0.25) is 5.78 Å². The van der Waals surface area contributed by atoms with Crippen LogP contribution in [0.4, 0.5) is 8.78 Å². The van der Waals surface area contributed by atoms with E-state index >= 15 is 0 Å². The highest BCUT2D eigenvalue weighted by Gasteiger charge is 2.33. The van der Waals surface area contributed by atoms with E-state index in [1.54, 1.807) is 24.3 Å². The first kappa shape index (κ1) is 13.3. The average molecular weight is 262 g/mol. The average Bonchev–Trinajstić information content (AvgIpc) is 2.36. The molecule has 0 aliphatic heterocycles. The minimum Gasteiger partial charge on any atom is -0.294 e. The third kappa shape index (κ3) is 2.84. The molecule has 0 atom stereocenters. The predicted molar refractivity (Wildman–Crippen MR) is 68.5 cm³/mol. The second kappa shape index (κ2) is 4.88. The lowest BCUT2D eigenvalue weighted by Crippen LogP contribution is -2.26. The molecular weight excluding hydrogens is 250 g/mol. The van der Waals surface area contributed by atoms with Gasteiger partial charge < -0.3 is 0 Å². The van der Waals surface area contributed by atoms with Gasteiger partial charge in [-0.25, -0.2) is 0 Å². The fraction of sp³-hybridized carbons (Fsp3) is 0.200. The maximum atomic E-state index is 12.8. The van der Waals surface area contributed by atoms with Crippen LogP contribution in [-0.4, -0.2) is 17.5 Å². The smallest absolute Gasteiger partial charge is 0.294 e. The van der Waals surface area contributed by atoms with Crippen molar-refractivity contribution in [2.24, 2.45) is 0 Å². The summed E-state index contributed by atoms with van der Waals surface area (Å²) in [6.45, 7) is 0.506. The molecule has 2 aromatic rings.